The Hall–Kier alpha value is -3.23. The number of carbonyl (C=O) groups excluding carboxylic acids is 1. The van der Waals surface area contributed by atoms with Gasteiger partial charge in [-0.1, -0.05) is 24.1 Å². The van der Waals surface area contributed by atoms with E-state index >= 15 is 0 Å². The van der Waals surface area contributed by atoms with Gasteiger partial charge in [0.25, 0.3) is 5.91 Å². The van der Waals surface area contributed by atoms with Gasteiger partial charge >= 0.3 is 0 Å². The number of hydrogen-bond acceptors (Lipinski definition) is 4. The van der Waals surface area contributed by atoms with Crippen LogP contribution in [0.25, 0.3) is 0 Å². The van der Waals surface area contributed by atoms with Crippen LogP contribution >= 0.6 is 0 Å². The number of piperidine rings is 1. The lowest BCUT2D eigenvalue weighted by molar-refractivity contribution is -0.134. The molecule has 2 fully saturated rings. The van der Waals surface area contributed by atoms with E-state index in [0.717, 1.165) is 55.5 Å². The summed E-state index contributed by atoms with van der Waals surface area (Å²) in [5.41, 5.74) is 5.47. The third-order valence-electron chi connectivity index (χ3n) is 9.27. The Bertz CT molecular complexity index is 1320. The van der Waals surface area contributed by atoms with Gasteiger partial charge in [-0.15, -0.1) is 6.58 Å². The topological polar surface area (TPSA) is 53.0 Å². The van der Waals surface area contributed by atoms with Crippen molar-refractivity contribution in [3.05, 3.63) is 70.8 Å². The molecule has 5 atom stereocenters. The number of hydrogen-bond donors (Lipinski definition) is 1. The molecule has 2 aliphatic carbocycles. The maximum Gasteiger partial charge on any atom is 0.298 e. The Labute approximate surface area is 213 Å². The number of aryl methyl sites for hydroxylation is 2. The second-order valence-corrected chi connectivity index (χ2v) is 11.1. The average Bonchev–Trinajstić information content (AvgIpc) is 3.20. The summed E-state index contributed by atoms with van der Waals surface area (Å²) in [7, 11) is 1.86. The fraction of sp³-hybridized carbons (Fsp3) is 0.452. The van der Waals surface area contributed by atoms with Crippen LogP contribution < -0.4 is 4.74 Å². The molecule has 0 aromatic heterocycles. The van der Waals surface area contributed by atoms with Crippen LogP contribution in [0, 0.1) is 31.6 Å². The predicted octanol–water partition coefficient (Wildman–Crippen LogP) is 4.11. The number of benzene rings is 2. The van der Waals surface area contributed by atoms with Gasteiger partial charge in [0, 0.05) is 42.1 Å². The number of carbonyl (C=O) groups is 1. The molecule has 186 valence electrons. The van der Waals surface area contributed by atoms with Crippen molar-refractivity contribution in [1.29, 1.82) is 0 Å². The van der Waals surface area contributed by atoms with Gasteiger partial charge in [-0.2, -0.15) is 0 Å². The Balaban J connectivity index is 1.38. The van der Waals surface area contributed by atoms with Gasteiger partial charge < -0.3 is 14.7 Å². The molecule has 2 heterocycles. The molecular formula is C31H34N2O3. The van der Waals surface area contributed by atoms with E-state index in [1.54, 1.807) is 4.90 Å². The fourth-order valence-electron chi connectivity index (χ4n) is 7.74. The Morgan fingerprint density at radius 2 is 2.17 bits per heavy atom. The molecule has 2 aliphatic heterocycles. The first-order valence-electron chi connectivity index (χ1n) is 13.1. The summed E-state index contributed by atoms with van der Waals surface area (Å²) in [4.78, 5) is 17.7. The van der Waals surface area contributed by atoms with Crippen LogP contribution in [0.2, 0.25) is 0 Å². The Kier molecular flexibility index (Phi) is 5.42. The number of phenolic OH excluding ortho intramolecular Hbond substituents is 1. The van der Waals surface area contributed by atoms with Crippen molar-refractivity contribution < 1.29 is 14.6 Å². The zero-order valence-corrected chi connectivity index (χ0v) is 21.4. The molecule has 36 heavy (non-hydrogen) atoms. The first-order chi connectivity index (χ1) is 17.3. The quantitative estimate of drug-likeness (QED) is 0.528. The minimum absolute atomic E-state index is 0.0924. The predicted molar refractivity (Wildman–Crippen MR) is 140 cm³/mol. The highest BCUT2D eigenvalue weighted by Crippen LogP contribution is 2.64. The number of ether oxygens (including phenoxy) is 1. The third kappa shape index (κ3) is 3.24. The zero-order valence-electron chi connectivity index (χ0n) is 21.4. The van der Waals surface area contributed by atoms with E-state index in [2.05, 4.69) is 30.2 Å². The molecule has 2 aromatic carbocycles. The molecule has 2 bridgehead atoms. The zero-order chi connectivity index (χ0) is 25.2. The van der Waals surface area contributed by atoms with E-state index in [4.69, 9.17) is 4.74 Å². The summed E-state index contributed by atoms with van der Waals surface area (Å²) in [6.45, 7) is 9.99. The summed E-state index contributed by atoms with van der Waals surface area (Å²) in [5.74, 6) is 7.05. The number of amides is 1. The molecule has 1 N–H and O–H groups in total. The second-order valence-electron chi connectivity index (χ2n) is 11.1. The standard InChI is InChI=1S/C31H34N2O3/c1-5-14-33-15-13-31-23-10-11-24(32(4)27(35)12-9-21-8-6-7-19(2)16-21)30(31)36-29-26(34)17-20(3)22(28(29)31)18-25(23)33/h5-8,16-17,23-25,30,34H,1,10-11,13-15,18H2,2-4H3/t23-,24-,25+,30-,31-/m0/s1. The number of rotatable bonds is 3. The van der Waals surface area contributed by atoms with Crippen molar-refractivity contribution in [3.63, 3.8) is 0 Å². The lowest BCUT2D eigenvalue weighted by Gasteiger charge is -2.60. The van der Waals surface area contributed by atoms with Crippen molar-refractivity contribution in [3.8, 4) is 23.3 Å². The summed E-state index contributed by atoms with van der Waals surface area (Å²) >= 11 is 0. The van der Waals surface area contributed by atoms with Gasteiger partial charge in [-0.25, -0.2) is 0 Å². The fourth-order valence-corrected chi connectivity index (χ4v) is 7.74. The van der Waals surface area contributed by atoms with E-state index < -0.39 is 0 Å². The smallest absolute Gasteiger partial charge is 0.298 e. The van der Waals surface area contributed by atoms with Crippen molar-refractivity contribution in [1.82, 2.24) is 9.80 Å². The van der Waals surface area contributed by atoms with Crippen LogP contribution in [0.4, 0.5) is 0 Å². The number of likely N-dealkylation sites (N-methyl/N-ethyl adjacent to an activating group) is 1. The van der Waals surface area contributed by atoms with Crippen LogP contribution in [0.3, 0.4) is 0 Å². The van der Waals surface area contributed by atoms with Gasteiger partial charge in [0.2, 0.25) is 0 Å². The van der Waals surface area contributed by atoms with Crippen molar-refractivity contribution >= 4 is 5.91 Å². The minimum atomic E-state index is -0.187. The number of likely N-dealkylation sites (tertiary alicyclic amines) is 1. The van der Waals surface area contributed by atoms with Crippen LogP contribution in [0.5, 0.6) is 11.5 Å². The normalized spacial score (nSPS) is 29.4. The van der Waals surface area contributed by atoms with E-state index in [1.165, 1.54) is 11.1 Å². The van der Waals surface area contributed by atoms with Gasteiger partial charge in [-0.05, 0) is 86.9 Å². The molecule has 1 amide bonds. The maximum atomic E-state index is 13.3. The highest BCUT2D eigenvalue weighted by atomic mass is 16.5. The van der Waals surface area contributed by atoms with Crippen molar-refractivity contribution in [2.75, 3.05) is 20.1 Å². The summed E-state index contributed by atoms with van der Waals surface area (Å²) in [5, 5.41) is 10.9. The highest BCUT2D eigenvalue weighted by Gasteiger charge is 2.66. The second kappa shape index (κ2) is 8.42. The Morgan fingerprint density at radius 3 is 2.94 bits per heavy atom. The van der Waals surface area contributed by atoms with E-state index in [9.17, 15) is 9.90 Å². The summed E-state index contributed by atoms with van der Waals surface area (Å²) in [6.07, 6.45) is 5.67. The molecule has 4 aliphatic rings. The van der Waals surface area contributed by atoms with Crippen LogP contribution in [0.15, 0.2) is 43.0 Å². The van der Waals surface area contributed by atoms with E-state index in [-0.39, 0.29) is 29.2 Å². The highest BCUT2D eigenvalue weighted by molar-refractivity contribution is 5.94. The van der Waals surface area contributed by atoms with Crippen molar-refractivity contribution in [2.24, 2.45) is 5.92 Å². The molecule has 2 aromatic rings. The molecule has 6 rings (SSSR count). The maximum absolute atomic E-state index is 13.3. The summed E-state index contributed by atoms with van der Waals surface area (Å²) < 4.78 is 6.69. The van der Waals surface area contributed by atoms with Gasteiger partial charge in [0.05, 0.1) is 6.04 Å². The monoisotopic (exact) mass is 482 g/mol. The number of phenols is 1. The van der Waals surface area contributed by atoms with Gasteiger partial charge in [0.1, 0.15) is 6.10 Å². The largest absolute Gasteiger partial charge is 0.504 e. The summed E-state index contributed by atoms with van der Waals surface area (Å²) in [6, 6.07) is 10.1. The molecule has 1 saturated heterocycles. The molecular weight excluding hydrogens is 448 g/mol. The number of aromatic hydroxyl groups is 1. The van der Waals surface area contributed by atoms with E-state index in [0.29, 0.717) is 17.7 Å². The first kappa shape index (κ1) is 23.2. The molecule has 0 radical (unpaired) electrons. The average molecular weight is 483 g/mol. The van der Waals surface area contributed by atoms with E-state index in [1.807, 2.05) is 50.4 Å². The van der Waals surface area contributed by atoms with Crippen molar-refractivity contribution in [2.45, 2.75) is 63.1 Å². The third-order valence-corrected chi connectivity index (χ3v) is 9.27. The van der Waals surface area contributed by atoms with Crippen LogP contribution in [-0.2, 0) is 16.6 Å². The van der Waals surface area contributed by atoms with Gasteiger partial charge in [-0.3, -0.25) is 9.69 Å². The molecule has 5 heteroatoms. The lowest BCUT2D eigenvalue weighted by atomic mass is 9.50. The molecule has 5 nitrogen and oxygen atoms in total. The molecule has 1 spiro atoms. The first-order valence-corrected chi connectivity index (χ1v) is 13.1. The lowest BCUT2D eigenvalue weighted by Crippen LogP contribution is -2.68. The van der Waals surface area contributed by atoms with Crippen LogP contribution in [-0.4, -0.2) is 59.1 Å². The number of nitrogens with zero attached hydrogens (tertiary/aromatic N) is 2. The minimum Gasteiger partial charge on any atom is -0.504 e. The van der Waals surface area contributed by atoms with Gasteiger partial charge in [0.15, 0.2) is 11.5 Å². The Morgan fingerprint density at radius 1 is 1.33 bits per heavy atom. The SMILES string of the molecule is C=CCN1CC[C@]23c4c5c(C)cc(O)c4O[C@H]2[C@@H](N(C)C(=O)C#Cc2cccc(C)c2)CC[C@H]3[C@H]1C5. The molecule has 1 saturated carbocycles. The molecule has 0 unspecified atom stereocenters. The van der Waals surface area contributed by atoms with Crippen LogP contribution in [0.1, 0.15) is 47.1 Å².